The van der Waals surface area contributed by atoms with Crippen LogP contribution >= 0.6 is 0 Å². The van der Waals surface area contributed by atoms with Crippen LogP contribution in [0.3, 0.4) is 0 Å². The maximum absolute atomic E-state index is 10.5. The van der Waals surface area contributed by atoms with E-state index in [2.05, 4.69) is 0 Å². The molecule has 0 bridgehead atoms. The van der Waals surface area contributed by atoms with Crippen molar-refractivity contribution in [3.8, 4) is 0 Å². The van der Waals surface area contributed by atoms with Crippen LogP contribution in [-0.2, 0) is 6.42 Å². The van der Waals surface area contributed by atoms with E-state index in [1.165, 1.54) is 0 Å². The van der Waals surface area contributed by atoms with Gasteiger partial charge in [0.1, 0.15) is 12.7 Å². The number of nitro groups is 1. The standard InChI is InChI=1S/C11H15NO4/c13-8-10(12(15)16)11(14)7-6-9-4-2-1-3-5-9/h1-5,10-11,13-14H,6-8H2/t10-,11-/m0/s1. The third-order valence-electron chi connectivity index (χ3n) is 2.47. The van der Waals surface area contributed by atoms with Gasteiger partial charge in [0.25, 0.3) is 6.04 Å². The first-order chi connectivity index (χ1) is 7.65. The van der Waals surface area contributed by atoms with Gasteiger partial charge in [0.2, 0.25) is 0 Å². The minimum absolute atomic E-state index is 0.274. The molecule has 2 N–H and O–H groups in total. The predicted molar refractivity (Wildman–Crippen MR) is 58.6 cm³/mol. The summed E-state index contributed by atoms with van der Waals surface area (Å²) in [6, 6.07) is 8.13. The zero-order chi connectivity index (χ0) is 12.0. The summed E-state index contributed by atoms with van der Waals surface area (Å²) < 4.78 is 0. The number of rotatable bonds is 6. The molecule has 0 radical (unpaired) electrons. The van der Waals surface area contributed by atoms with E-state index in [1.54, 1.807) is 0 Å². The maximum Gasteiger partial charge on any atom is 0.261 e. The van der Waals surface area contributed by atoms with E-state index < -0.39 is 23.7 Å². The molecule has 0 aliphatic carbocycles. The number of nitrogens with zero attached hydrogens (tertiary/aromatic N) is 1. The molecular formula is C11H15NO4. The fourth-order valence-electron chi connectivity index (χ4n) is 1.48. The minimum Gasteiger partial charge on any atom is -0.389 e. The zero-order valence-electron chi connectivity index (χ0n) is 8.82. The first-order valence-corrected chi connectivity index (χ1v) is 5.11. The summed E-state index contributed by atoms with van der Waals surface area (Å²) in [5.41, 5.74) is 1.02. The number of hydrogen-bond donors (Lipinski definition) is 2. The molecular weight excluding hydrogens is 210 g/mol. The second-order valence-electron chi connectivity index (χ2n) is 3.63. The highest BCUT2D eigenvalue weighted by atomic mass is 16.6. The lowest BCUT2D eigenvalue weighted by Crippen LogP contribution is -2.37. The molecule has 0 amide bonds. The molecule has 5 heteroatoms. The lowest BCUT2D eigenvalue weighted by atomic mass is 10.0. The van der Waals surface area contributed by atoms with Crippen LogP contribution in [0.4, 0.5) is 0 Å². The molecule has 0 unspecified atom stereocenters. The molecule has 2 atom stereocenters. The van der Waals surface area contributed by atoms with Gasteiger partial charge in [-0.25, -0.2) is 0 Å². The highest BCUT2D eigenvalue weighted by Gasteiger charge is 2.28. The van der Waals surface area contributed by atoms with Crippen molar-refractivity contribution in [3.63, 3.8) is 0 Å². The van der Waals surface area contributed by atoms with Crippen molar-refractivity contribution in [3.05, 3.63) is 46.0 Å². The van der Waals surface area contributed by atoms with Crippen molar-refractivity contribution in [1.82, 2.24) is 0 Å². The van der Waals surface area contributed by atoms with Crippen LogP contribution in [0.2, 0.25) is 0 Å². The lowest BCUT2D eigenvalue weighted by Gasteiger charge is -2.13. The predicted octanol–water partition coefficient (Wildman–Crippen LogP) is 0.618. The Balaban J connectivity index is 2.46. The van der Waals surface area contributed by atoms with Crippen LogP contribution in [0.1, 0.15) is 12.0 Å². The molecule has 5 nitrogen and oxygen atoms in total. The van der Waals surface area contributed by atoms with Crippen LogP contribution < -0.4 is 0 Å². The van der Waals surface area contributed by atoms with E-state index in [-0.39, 0.29) is 6.42 Å². The molecule has 0 saturated heterocycles. The van der Waals surface area contributed by atoms with Gasteiger partial charge in [-0.1, -0.05) is 30.3 Å². The van der Waals surface area contributed by atoms with Gasteiger partial charge in [-0.05, 0) is 18.4 Å². The Morgan fingerprint density at radius 2 is 1.94 bits per heavy atom. The fraction of sp³-hybridized carbons (Fsp3) is 0.455. The SMILES string of the molecule is O=[N+]([O-])[C@@H](CO)[C@@H](O)CCc1ccccc1. The summed E-state index contributed by atoms with van der Waals surface area (Å²) in [5, 5.41) is 28.8. The zero-order valence-corrected chi connectivity index (χ0v) is 8.82. The molecule has 0 saturated carbocycles. The molecule has 1 rings (SSSR count). The van der Waals surface area contributed by atoms with Crippen molar-refractivity contribution in [2.45, 2.75) is 25.0 Å². The highest BCUT2D eigenvalue weighted by Crippen LogP contribution is 2.08. The Morgan fingerprint density at radius 3 is 2.44 bits per heavy atom. The van der Waals surface area contributed by atoms with Crippen molar-refractivity contribution in [1.29, 1.82) is 0 Å². The third kappa shape index (κ3) is 3.60. The smallest absolute Gasteiger partial charge is 0.261 e. The van der Waals surface area contributed by atoms with E-state index in [9.17, 15) is 15.2 Å². The second-order valence-corrected chi connectivity index (χ2v) is 3.63. The second kappa shape index (κ2) is 6.19. The van der Waals surface area contributed by atoms with Crippen LogP contribution in [0.15, 0.2) is 30.3 Å². The molecule has 0 aliphatic heterocycles. The Labute approximate surface area is 93.5 Å². The number of aryl methyl sites for hydroxylation is 1. The molecule has 88 valence electrons. The maximum atomic E-state index is 10.5. The van der Waals surface area contributed by atoms with Gasteiger partial charge in [-0.2, -0.15) is 0 Å². The number of benzene rings is 1. The molecule has 16 heavy (non-hydrogen) atoms. The van der Waals surface area contributed by atoms with E-state index in [1.807, 2.05) is 30.3 Å². The van der Waals surface area contributed by atoms with E-state index in [4.69, 9.17) is 5.11 Å². The van der Waals surface area contributed by atoms with Crippen molar-refractivity contribution < 1.29 is 15.1 Å². The van der Waals surface area contributed by atoms with E-state index in [0.29, 0.717) is 6.42 Å². The average Bonchev–Trinajstić information content (AvgIpc) is 2.28. The monoisotopic (exact) mass is 225 g/mol. The Hall–Kier alpha value is -1.46. The lowest BCUT2D eigenvalue weighted by molar-refractivity contribution is -0.537. The van der Waals surface area contributed by atoms with Crippen molar-refractivity contribution >= 4 is 0 Å². The van der Waals surface area contributed by atoms with Crippen LogP contribution in [0, 0.1) is 10.1 Å². The molecule has 0 spiro atoms. The Morgan fingerprint density at radius 1 is 1.31 bits per heavy atom. The summed E-state index contributed by atoms with van der Waals surface area (Å²) in [7, 11) is 0. The molecule has 0 fully saturated rings. The van der Waals surface area contributed by atoms with Gasteiger partial charge in [0.15, 0.2) is 0 Å². The third-order valence-corrected chi connectivity index (χ3v) is 2.47. The number of hydrogen-bond acceptors (Lipinski definition) is 4. The quantitative estimate of drug-likeness (QED) is 0.549. The molecule has 1 aromatic carbocycles. The van der Waals surface area contributed by atoms with Gasteiger partial charge in [0.05, 0.1) is 0 Å². The van der Waals surface area contributed by atoms with Crippen molar-refractivity contribution in [2.75, 3.05) is 6.61 Å². The van der Waals surface area contributed by atoms with Gasteiger partial charge >= 0.3 is 0 Å². The van der Waals surface area contributed by atoms with Gasteiger partial charge in [-0.15, -0.1) is 0 Å². The normalized spacial score (nSPS) is 14.4. The largest absolute Gasteiger partial charge is 0.389 e. The fourth-order valence-corrected chi connectivity index (χ4v) is 1.48. The summed E-state index contributed by atoms with van der Waals surface area (Å²) in [6.45, 7) is -0.636. The average molecular weight is 225 g/mol. The van der Waals surface area contributed by atoms with Gasteiger partial charge < -0.3 is 10.2 Å². The molecule has 0 aliphatic rings. The topological polar surface area (TPSA) is 83.6 Å². The van der Waals surface area contributed by atoms with Crippen LogP contribution in [0.5, 0.6) is 0 Å². The molecule has 0 heterocycles. The Bertz CT molecular complexity index is 328. The molecule has 0 aromatic heterocycles. The van der Waals surface area contributed by atoms with E-state index >= 15 is 0 Å². The van der Waals surface area contributed by atoms with E-state index in [0.717, 1.165) is 5.56 Å². The summed E-state index contributed by atoms with van der Waals surface area (Å²) in [4.78, 5) is 9.83. The van der Waals surface area contributed by atoms with Crippen LogP contribution in [0.25, 0.3) is 0 Å². The van der Waals surface area contributed by atoms with Crippen molar-refractivity contribution in [2.24, 2.45) is 0 Å². The number of aliphatic hydroxyl groups excluding tert-OH is 2. The summed E-state index contributed by atoms with van der Waals surface area (Å²) in [6.07, 6.45) is -0.275. The first kappa shape index (κ1) is 12.6. The van der Waals surface area contributed by atoms with Gasteiger partial charge in [0, 0.05) is 4.92 Å². The summed E-state index contributed by atoms with van der Waals surface area (Å²) in [5.74, 6) is 0. The molecule has 1 aromatic rings. The minimum atomic E-state index is -1.29. The van der Waals surface area contributed by atoms with Crippen LogP contribution in [-0.4, -0.2) is 33.9 Å². The highest BCUT2D eigenvalue weighted by molar-refractivity contribution is 5.14. The summed E-state index contributed by atoms with van der Waals surface area (Å²) >= 11 is 0. The number of aliphatic hydroxyl groups is 2. The Kier molecular flexibility index (Phi) is 4.88. The first-order valence-electron chi connectivity index (χ1n) is 5.11. The van der Waals surface area contributed by atoms with Gasteiger partial charge in [-0.3, -0.25) is 10.1 Å².